The van der Waals surface area contributed by atoms with E-state index in [0.29, 0.717) is 5.95 Å². The van der Waals surface area contributed by atoms with Gasteiger partial charge in [0.2, 0.25) is 5.95 Å². The fourth-order valence-corrected chi connectivity index (χ4v) is 2.71. The molecule has 5 heteroatoms. The average molecular weight is 308 g/mol. The first-order valence-corrected chi connectivity index (χ1v) is 8.00. The highest BCUT2D eigenvalue weighted by molar-refractivity contribution is 7.98. The van der Waals surface area contributed by atoms with E-state index in [2.05, 4.69) is 22.2 Å². The summed E-state index contributed by atoms with van der Waals surface area (Å²) >= 11 is 7.59. The maximum atomic E-state index is 5.88. The van der Waals surface area contributed by atoms with Crippen LogP contribution in [0.15, 0.2) is 35.4 Å². The number of hydrogen-bond acceptors (Lipinski definition) is 4. The summed E-state index contributed by atoms with van der Waals surface area (Å²) in [6.45, 7) is 5.01. The standard InChI is InChI=1S/C15H18ClN3S/c1-3-8-17-15-18-11(2)9-14(19-15)20-10-12-4-6-13(16)7-5-12/h4-7,9H,3,8,10H2,1-2H3,(H,17,18,19). The normalized spacial score (nSPS) is 10.6. The molecule has 1 aromatic heterocycles. The number of thioether (sulfide) groups is 1. The van der Waals surface area contributed by atoms with Crippen LogP contribution < -0.4 is 5.32 Å². The van der Waals surface area contributed by atoms with Crippen molar-refractivity contribution in [1.29, 1.82) is 0 Å². The molecule has 106 valence electrons. The highest BCUT2D eigenvalue weighted by Gasteiger charge is 2.03. The van der Waals surface area contributed by atoms with Gasteiger partial charge in [-0.3, -0.25) is 0 Å². The highest BCUT2D eigenvalue weighted by Crippen LogP contribution is 2.23. The molecule has 0 amide bonds. The number of nitrogens with one attached hydrogen (secondary N) is 1. The fourth-order valence-electron chi connectivity index (χ4n) is 1.67. The van der Waals surface area contributed by atoms with E-state index in [9.17, 15) is 0 Å². The van der Waals surface area contributed by atoms with Gasteiger partial charge in [0.1, 0.15) is 5.03 Å². The molecule has 0 unspecified atom stereocenters. The van der Waals surface area contributed by atoms with E-state index < -0.39 is 0 Å². The van der Waals surface area contributed by atoms with Crippen LogP contribution in [0, 0.1) is 6.92 Å². The molecule has 1 aromatic carbocycles. The Hall–Kier alpha value is -1.26. The summed E-state index contributed by atoms with van der Waals surface area (Å²) in [4.78, 5) is 8.90. The lowest BCUT2D eigenvalue weighted by atomic mass is 10.2. The summed E-state index contributed by atoms with van der Waals surface area (Å²) < 4.78 is 0. The molecule has 0 saturated carbocycles. The molecule has 0 spiro atoms. The number of aromatic nitrogens is 2. The number of anilines is 1. The van der Waals surface area contributed by atoms with Gasteiger partial charge in [-0.15, -0.1) is 11.8 Å². The lowest BCUT2D eigenvalue weighted by molar-refractivity contribution is 0.924. The molecular formula is C15H18ClN3S. The van der Waals surface area contributed by atoms with Gasteiger partial charge >= 0.3 is 0 Å². The molecule has 0 aliphatic rings. The van der Waals surface area contributed by atoms with Gasteiger partial charge in [0.15, 0.2) is 0 Å². The van der Waals surface area contributed by atoms with Crippen LogP contribution in [0.3, 0.4) is 0 Å². The molecular weight excluding hydrogens is 290 g/mol. The SMILES string of the molecule is CCCNc1nc(C)cc(SCc2ccc(Cl)cc2)n1. The quantitative estimate of drug-likeness (QED) is 0.627. The predicted octanol–water partition coefficient (Wildman–Crippen LogP) is 4.55. The minimum atomic E-state index is 0.713. The maximum absolute atomic E-state index is 5.88. The summed E-state index contributed by atoms with van der Waals surface area (Å²) in [6, 6.07) is 9.92. The Bertz CT molecular complexity index is 558. The van der Waals surface area contributed by atoms with Gasteiger partial charge in [-0.2, -0.15) is 0 Å². The Labute approximate surface area is 129 Å². The van der Waals surface area contributed by atoms with E-state index in [1.54, 1.807) is 11.8 Å². The zero-order valence-corrected chi connectivity index (χ0v) is 13.3. The number of benzene rings is 1. The van der Waals surface area contributed by atoms with Crippen molar-refractivity contribution in [3.8, 4) is 0 Å². The number of aryl methyl sites for hydroxylation is 1. The van der Waals surface area contributed by atoms with Crippen molar-refractivity contribution in [2.45, 2.75) is 31.0 Å². The monoisotopic (exact) mass is 307 g/mol. The molecule has 2 aromatic rings. The Morgan fingerprint density at radius 1 is 1.20 bits per heavy atom. The number of halogens is 1. The van der Waals surface area contributed by atoms with Gasteiger partial charge in [-0.05, 0) is 37.1 Å². The second-order valence-electron chi connectivity index (χ2n) is 4.51. The summed E-state index contributed by atoms with van der Waals surface area (Å²) in [6.07, 6.45) is 1.06. The van der Waals surface area contributed by atoms with E-state index in [4.69, 9.17) is 11.6 Å². The molecule has 0 bridgehead atoms. The van der Waals surface area contributed by atoms with Crippen molar-refractivity contribution < 1.29 is 0 Å². The van der Waals surface area contributed by atoms with Crippen LogP contribution in [0.25, 0.3) is 0 Å². The minimum absolute atomic E-state index is 0.713. The fraction of sp³-hybridized carbons (Fsp3) is 0.333. The number of rotatable bonds is 6. The van der Waals surface area contributed by atoms with Crippen molar-refractivity contribution in [1.82, 2.24) is 9.97 Å². The first-order valence-electron chi connectivity index (χ1n) is 6.64. The zero-order valence-electron chi connectivity index (χ0n) is 11.7. The number of nitrogens with zero attached hydrogens (tertiary/aromatic N) is 2. The summed E-state index contributed by atoms with van der Waals surface area (Å²) in [5.41, 5.74) is 2.22. The first kappa shape index (κ1) is 15.1. The van der Waals surface area contributed by atoms with E-state index in [0.717, 1.165) is 34.5 Å². The van der Waals surface area contributed by atoms with E-state index in [-0.39, 0.29) is 0 Å². The second kappa shape index (κ2) is 7.50. The van der Waals surface area contributed by atoms with Crippen LogP contribution in [-0.4, -0.2) is 16.5 Å². The predicted molar refractivity (Wildman–Crippen MR) is 86.6 cm³/mol. The topological polar surface area (TPSA) is 37.8 Å². The van der Waals surface area contributed by atoms with Gasteiger partial charge in [-0.1, -0.05) is 30.7 Å². The molecule has 3 nitrogen and oxygen atoms in total. The Morgan fingerprint density at radius 2 is 1.95 bits per heavy atom. The lowest BCUT2D eigenvalue weighted by Crippen LogP contribution is -2.05. The van der Waals surface area contributed by atoms with Gasteiger partial charge in [-0.25, -0.2) is 9.97 Å². The van der Waals surface area contributed by atoms with Gasteiger partial charge in [0.25, 0.3) is 0 Å². The Morgan fingerprint density at radius 3 is 2.65 bits per heavy atom. The molecule has 0 atom stereocenters. The van der Waals surface area contributed by atoms with Gasteiger partial charge in [0.05, 0.1) is 0 Å². The smallest absolute Gasteiger partial charge is 0.223 e. The molecule has 1 N–H and O–H groups in total. The average Bonchev–Trinajstić information content (AvgIpc) is 2.44. The molecule has 0 fully saturated rings. The molecule has 1 heterocycles. The van der Waals surface area contributed by atoms with Crippen LogP contribution in [0.5, 0.6) is 0 Å². The van der Waals surface area contributed by atoms with E-state index in [1.807, 2.05) is 37.3 Å². The zero-order chi connectivity index (χ0) is 14.4. The van der Waals surface area contributed by atoms with Crippen molar-refractivity contribution in [2.75, 3.05) is 11.9 Å². The third-order valence-corrected chi connectivity index (χ3v) is 3.90. The third-order valence-electron chi connectivity index (χ3n) is 2.66. The second-order valence-corrected chi connectivity index (χ2v) is 5.95. The van der Waals surface area contributed by atoms with Crippen molar-refractivity contribution in [3.05, 3.63) is 46.6 Å². The largest absolute Gasteiger partial charge is 0.354 e. The van der Waals surface area contributed by atoms with E-state index in [1.165, 1.54) is 5.56 Å². The molecule has 0 saturated heterocycles. The molecule has 0 radical (unpaired) electrons. The Kier molecular flexibility index (Phi) is 5.68. The van der Waals surface area contributed by atoms with Crippen LogP contribution in [-0.2, 0) is 5.75 Å². The molecule has 20 heavy (non-hydrogen) atoms. The van der Waals surface area contributed by atoms with Crippen molar-refractivity contribution in [2.24, 2.45) is 0 Å². The molecule has 0 aliphatic carbocycles. The van der Waals surface area contributed by atoms with Crippen LogP contribution >= 0.6 is 23.4 Å². The first-order chi connectivity index (χ1) is 9.67. The van der Waals surface area contributed by atoms with Gasteiger partial charge < -0.3 is 5.32 Å². The van der Waals surface area contributed by atoms with Crippen LogP contribution in [0.4, 0.5) is 5.95 Å². The molecule has 2 rings (SSSR count). The van der Waals surface area contributed by atoms with E-state index >= 15 is 0 Å². The summed E-state index contributed by atoms with van der Waals surface area (Å²) in [5, 5.41) is 4.99. The number of hydrogen-bond donors (Lipinski definition) is 1. The summed E-state index contributed by atoms with van der Waals surface area (Å²) in [7, 11) is 0. The van der Waals surface area contributed by atoms with Crippen molar-refractivity contribution >= 4 is 29.3 Å². The summed E-state index contributed by atoms with van der Waals surface area (Å²) in [5.74, 6) is 1.59. The minimum Gasteiger partial charge on any atom is -0.354 e. The van der Waals surface area contributed by atoms with Crippen LogP contribution in [0.1, 0.15) is 24.6 Å². The maximum Gasteiger partial charge on any atom is 0.223 e. The highest BCUT2D eigenvalue weighted by atomic mass is 35.5. The molecule has 0 aliphatic heterocycles. The van der Waals surface area contributed by atoms with Gasteiger partial charge in [0, 0.05) is 23.0 Å². The van der Waals surface area contributed by atoms with Crippen molar-refractivity contribution in [3.63, 3.8) is 0 Å². The Balaban J connectivity index is 2.01. The lowest BCUT2D eigenvalue weighted by Gasteiger charge is -2.07. The third kappa shape index (κ3) is 4.69. The van der Waals surface area contributed by atoms with Crippen LogP contribution in [0.2, 0.25) is 5.02 Å².